The van der Waals surface area contributed by atoms with Gasteiger partial charge in [0.05, 0.1) is 16.2 Å². The molecule has 3 aromatic carbocycles. The second-order valence-corrected chi connectivity index (χ2v) is 10.5. The summed E-state index contributed by atoms with van der Waals surface area (Å²) in [5.41, 5.74) is 4.22. The maximum Gasteiger partial charge on any atom is 0.335 e. The SMILES string of the molecule is O=C1C(Cl)=CC(Cl)=C/C1=C1\NN=C(NC(=O)c2ccc(C(=O)Nc3ccc(Oc4ccc(C(=O)O)cc4)cc3)cc2)S1. The Balaban J connectivity index is 1.15. The van der Waals surface area contributed by atoms with Crippen LogP contribution in [0.25, 0.3) is 0 Å². The number of thioether (sulfide) groups is 1. The molecular weight excluding hydrogens is 603 g/mol. The van der Waals surface area contributed by atoms with E-state index in [-0.39, 0.29) is 32.8 Å². The van der Waals surface area contributed by atoms with E-state index in [0.29, 0.717) is 32.8 Å². The van der Waals surface area contributed by atoms with Gasteiger partial charge in [0.25, 0.3) is 11.8 Å². The van der Waals surface area contributed by atoms with Gasteiger partial charge in [0, 0.05) is 21.8 Å². The Morgan fingerprint density at radius 1 is 0.786 bits per heavy atom. The number of Topliss-reactive ketones (excluding diaryl/α,β-unsaturated/α-hetero) is 1. The number of amidine groups is 1. The monoisotopic (exact) mass is 620 g/mol. The van der Waals surface area contributed by atoms with Gasteiger partial charge >= 0.3 is 5.97 Å². The summed E-state index contributed by atoms with van der Waals surface area (Å²) >= 11 is 13.0. The number of hydrazone groups is 1. The number of anilines is 1. The van der Waals surface area contributed by atoms with Crippen molar-refractivity contribution in [2.24, 2.45) is 5.10 Å². The number of amides is 2. The molecule has 13 heteroatoms. The maximum absolute atomic E-state index is 12.7. The molecule has 2 aliphatic rings. The highest BCUT2D eigenvalue weighted by molar-refractivity contribution is 8.17. The molecule has 1 aliphatic heterocycles. The highest BCUT2D eigenvalue weighted by Gasteiger charge is 2.26. The van der Waals surface area contributed by atoms with Crippen LogP contribution in [-0.4, -0.2) is 33.8 Å². The quantitative estimate of drug-likeness (QED) is 0.253. The average molecular weight is 621 g/mol. The lowest BCUT2D eigenvalue weighted by Crippen LogP contribution is -2.27. The summed E-state index contributed by atoms with van der Waals surface area (Å²) in [5, 5.41) is 19.3. The molecule has 2 amide bonds. The number of nitrogens with zero attached hydrogens (tertiary/aromatic N) is 1. The van der Waals surface area contributed by atoms with E-state index < -0.39 is 17.7 Å². The number of hydrogen-bond acceptors (Lipinski definition) is 8. The standard InChI is InChI=1S/C29H18Cl2N4O6S/c30-18-13-22(24(36)23(31)14-18)27-34-35-29(42-27)33-26(38)16-3-1-15(2-4-16)25(37)32-19-7-11-21(12-8-19)41-20-9-5-17(6-10-20)28(39)40/h1-14,34H,(H,32,37)(H,39,40)(H,33,35,38)/b27-22-. The van der Waals surface area contributed by atoms with E-state index in [9.17, 15) is 19.2 Å². The molecule has 1 aliphatic carbocycles. The maximum atomic E-state index is 12.7. The summed E-state index contributed by atoms with van der Waals surface area (Å²) in [6, 6.07) is 18.7. The van der Waals surface area contributed by atoms with E-state index in [0.717, 1.165) is 11.8 Å². The van der Waals surface area contributed by atoms with Crippen LogP contribution < -0.4 is 20.8 Å². The van der Waals surface area contributed by atoms with Crippen molar-refractivity contribution in [3.8, 4) is 11.5 Å². The van der Waals surface area contributed by atoms with Crippen molar-refractivity contribution in [1.82, 2.24) is 10.7 Å². The summed E-state index contributed by atoms with van der Waals surface area (Å²) < 4.78 is 5.70. The van der Waals surface area contributed by atoms with E-state index in [1.807, 2.05) is 0 Å². The molecule has 0 saturated heterocycles. The minimum atomic E-state index is -1.02. The number of carboxylic acid groups (broad SMARTS) is 1. The van der Waals surface area contributed by atoms with Crippen molar-refractivity contribution >= 4 is 69.4 Å². The minimum Gasteiger partial charge on any atom is -0.478 e. The number of benzene rings is 3. The van der Waals surface area contributed by atoms with Crippen LogP contribution in [0.4, 0.5) is 5.69 Å². The normalized spacial score (nSPS) is 16.0. The molecule has 5 rings (SSSR count). The molecule has 0 bridgehead atoms. The Morgan fingerprint density at radius 3 is 1.93 bits per heavy atom. The van der Waals surface area contributed by atoms with Gasteiger partial charge in [0.15, 0.2) is 5.17 Å². The first-order valence-electron chi connectivity index (χ1n) is 12.1. The second-order valence-electron chi connectivity index (χ2n) is 8.67. The number of allylic oxidation sites excluding steroid dienone is 5. The molecule has 0 unspecified atom stereocenters. The summed E-state index contributed by atoms with van der Waals surface area (Å²) in [4.78, 5) is 48.7. The number of nitrogens with one attached hydrogen (secondary N) is 3. The van der Waals surface area contributed by atoms with Gasteiger partial charge in [-0.25, -0.2) is 4.79 Å². The van der Waals surface area contributed by atoms with Crippen molar-refractivity contribution < 1.29 is 29.0 Å². The Kier molecular flexibility index (Phi) is 8.43. The number of carboxylic acids is 1. The number of ketones is 1. The van der Waals surface area contributed by atoms with Crippen LogP contribution >= 0.6 is 35.0 Å². The Labute approximate surface area is 252 Å². The first-order chi connectivity index (χ1) is 20.2. The summed E-state index contributed by atoms with van der Waals surface area (Å²) in [5.74, 6) is -1.31. The summed E-state index contributed by atoms with van der Waals surface area (Å²) in [6.45, 7) is 0. The topological polar surface area (TPSA) is 146 Å². The lowest BCUT2D eigenvalue weighted by atomic mass is 10.1. The van der Waals surface area contributed by atoms with Crippen molar-refractivity contribution in [3.63, 3.8) is 0 Å². The number of hydrogen-bond donors (Lipinski definition) is 4. The highest BCUT2D eigenvalue weighted by atomic mass is 35.5. The molecule has 210 valence electrons. The predicted molar refractivity (Wildman–Crippen MR) is 160 cm³/mol. The van der Waals surface area contributed by atoms with Crippen molar-refractivity contribution in [2.45, 2.75) is 0 Å². The Bertz CT molecular complexity index is 1730. The van der Waals surface area contributed by atoms with Crippen molar-refractivity contribution in [2.75, 3.05) is 5.32 Å². The fourth-order valence-electron chi connectivity index (χ4n) is 3.70. The zero-order chi connectivity index (χ0) is 29.8. The minimum absolute atomic E-state index is 0.0259. The first kappa shape index (κ1) is 28.7. The van der Waals surface area contributed by atoms with E-state index in [4.69, 9.17) is 33.0 Å². The van der Waals surface area contributed by atoms with Crippen LogP contribution in [0.15, 0.2) is 111 Å². The first-order valence-corrected chi connectivity index (χ1v) is 13.6. The molecule has 42 heavy (non-hydrogen) atoms. The van der Waals surface area contributed by atoms with Gasteiger partial charge in [-0.2, -0.15) is 0 Å². The molecule has 1 heterocycles. The Morgan fingerprint density at radius 2 is 1.33 bits per heavy atom. The summed E-state index contributed by atoms with van der Waals surface area (Å²) in [7, 11) is 0. The lowest BCUT2D eigenvalue weighted by Gasteiger charge is -2.10. The van der Waals surface area contributed by atoms with Gasteiger partial charge in [-0.15, -0.1) is 5.10 Å². The number of ether oxygens (including phenoxy) is 1. The zero-order valence-electron chi connectivity index (χ0n) is 21.2. The van der Waals surface area contributed by atoms with E-state index >= 15 is 0 Å². The third kappa shape index (κ3) is 6.72. The molecule has 0 radical (unpaired) electrons. The van der Waals surface area contributed by atoms with Crippen LogP contribution in [0.5, 0.6) is 11.5 Å². The molecule has 0 spiro atoms. The number of carbonyl (C=O) groups is 4. The zero-order valence-corrected chi connectivity index (χ0v) is 23.5. The fourth-order valence-corrected chi connectivity index (χ4v) is 4.97. The largest absolute Gasteiger partial charge is 0.478 e. The number of aromatic carboxylic acids is 1. The van der Waals surface area contributed by atoms with E-state index in [1.165, 1.54) is 48.6 Å². The third-order valence-corrected chi connectivity index (χ3v) is 7.19. The van der Waals surface area contributed by atoms with Gasteiger partial charge in [0.2, 0.25) is 5.78 Å². The molecular formula is C29H18Cl2N4O6S. The Hall–Kier alpha value is -4.84. The van der Waals surface area contributed by atoms with Crippen LogP contribution in [0.3, 0.4) is 0 Å². The van der Waals surface area contributed by atoms with Crippen molar-refractivity contribution in [1.29, 1.82) is 0 Å². The van der Waals surface area contributed by atoms with E-state index in [2.05, 4.69) is 21.2 Å². The molecule has 0 saturated carbocycles. The number of rotatable bonds is 6. The molecule has 0 aromatic heterocycles. The second kappa shape index (κ2) is 12.4. The third-order valence-electron chi connectivity index (χ3n) is 5.79. The van der Waals surface area contributed by atoms with Crippen molar-refractivity contribution in [3.05, 3.63) is 122 Å². The van der Waals surface area contributed by atoms with Crippen LogP contribution in [0, 0.1) is 0 Å². The molecule has 10 nitrogen and oxygen atoms in total. The lowest BCUT2D eigenvalue weighted by molar-refractivity contribution is -0.111. The van der Waals surface area contributed by atoms with Gasteiger partial charge in [0.1, 0.15) is 16.5 Å². The molecule has 4 N–H and O–H groups in total. The van der Waals surface area contributed by atoms with Gasteiger partial charge in [-0.3, -0.25) is 25.1 Å². The summed E-state index contributed by atoms with van der Waals surface area (Å²) in [6.07, 6.45) is 2.81. The van der Waals surface area contributed by atoms with Crippen LogP contribution in [-0.2, 0) is 4.79 Å². The molecule has 0 fully saturated rings. The van der Waals surface area contributed by atoms with Crippen LogP contribution in [0.1, 0.15) is 31.1 Å². The van der Waals surface area contributed by atoms with Gasteiger partial charge in [-0.1, -0.05) is 23.2 Å². The van der Waals surface area contributed by atoms with Gasteiger partial charge in [-0.05, 0) is 96.7 Å². The number of carbonyl (C=O) groups excluding carboxylic acids is 3. The fraction of sp³-hybridized carbons (Fsp3) is 0. The number of halogens is 2. The molecule has 3 aromatic rings. The van der Waals surface area contributed by atoms with Crippen LogP contribution in [0.2, 0.25) is 0 Å². The van der Waals surface area contributed by atoms with E-state index in [1.54, 1.807) is 36.4 Å². The smallest absolute Gasteiger partial charge is 0.335 e. The predicted octanol–water partition coefficient (Wildman–Crippen LogP) is 5.81. The molecule has 0 atom stereocenters. The highest BCUT2D eigenvalue weighted by Crippen LogP contribution is 2.31. The van der Waals surface area contributed by atoms with Gasteiger partial charge < -0.3 is 15.2 Å². The average Bonchev–Trinajstić information content (AvgIpc) is 3.44.